The van der Waals surface area contributed by atoms with Gasteiger partial charge in [0.15, 0.2) is 0 Å². The van der Waals surface area contributed by atoms with Crippen molar-refractivity contribution < 1.29 is 0 Å². The van der Waals surface area contributed by atoms with Crippen molar-refractivity contribution in [2.24, 2.45) is 0 Å². The van der Waals surface area contributed by atoms with Crippen molar-refractivity contribution in [3.05, 3.63) is 77.9 Å². The van der Waals surface area contributed by atoms with Gasteiger partial charge in [-0.2, -0.15) is 0 Å². The molecule has 4 unspecified atom stereocenters. The lowest BCUT2D eigenvalue weighted by molar-refractivity contribution is 0.369. The minimum absolute atomic E-state index is 0.225. The van der Waals surface area contributed by atoms with Crippen molar-refractivity contribution in [3.63, 3.8) is 0 Å². The first kappa shape index (κ1) is 25.4. The summed E-state index contributed by atoms with van der Waals surface area (Å²) < 4.78 is -0.351. The Balaban J connectivity index is 1.25. The highest BCUT2D eigenvalue weighted by atomic mass is 79.9. The molecule has 21 aromatic carbocycles. The molecule has 0 heterocycles. The SMILES string of the molecule is CC12C3=C4C5=C6C3(Br)C3(C)c7c1c1c8c2c2c9c%10c(c%11c%12c%13c(c%14c%15c%16c(c3c3c7c7c1c1c%17c8c9c8c9c%10c%12c%10c%12c%13c%15c%13c%15c%16c3c3c7c1c1c(c%178)c(c9%10)c(c%12%13)c1c3%15)[C@@]6%14C)[C@@]5%11C)C42C. The molecule has 0 fully saturated rings. The third kappa shape index (κ3) is 1.20. The van der Waals surface area contributed by atoms with Crippen LogP contribution in [-0.4, -0.2) is 4.32 Å². The van der Waals surface area contributed by atoms with Crippen LogP contribution in [0.25, 0.3) is 215 Å². The standard InChI is InChI=1S/C65H15Br/c1-60-46-36-26-16-11-6-7-9-10-8(6)13-19-17(11)27(26)37-39-29(19)31-21(13)23-15(10)25-24-14(9)22-20-12(7)18(16)28-30(20)40-42-32(22)34(24)44-45-35(25)33(23)43-41(31)51-49(39)61(2,47(37)46)57-56(60)58-62(3,50(40)48(60)38(28)36)52(42)54(44)64(5)55(45)53(43)63(51,4)59(57)65(58,64)66/h1-5H3/t60-,61?,62-,63?,64?,65?/m0/s1. The Labute approximate surface area is 373 Å². The highest BCUT2D eigenvalue weighted by molar-refractivity contribution is 9.10. The zero-order valence-corrected chi connectivity index (χ0v) is 37.0. The van der Waals surface area contributed by atoms with E-state index in [2.05, 4.69) is 34.6 Å². The minimum Gasteiger partial charge on any atom is -0.0741 e. The number of hydrogen-bond donors (Lipinski definition) is 0. The topological polar surface area (TPSA) is 0 Å². The van der Waals surface area contributed by atoms with Crippen LogP contribution in [0.5, 0.6) is 0 Å². The van der Waals surface area contributed by atoms with E-state index in [4.69, 9.17) is 15.9 Å². The third-order valence-electron chi connectivity index (χ3n) is 26.6. The number of hydrogen-bond acceptors (Lipinski definition) is 0. The Morgan fingerprint density at radius 3 is 0.561 bits per heavy atom. The van der Waals surface area contributed by atoms with Gasteiger partial charge in [0, 0.05) is 27.1 Å². The fraction of sp³-hybridized carbons (Fsp3) is 0.169. The largest absolute Gasteiger partial charge is 0.0845 e. The molecule has 0 N–H and O–H groups in total. The van der Waals surface area contributed by atoms with Crippen molar-refractivity contribution in [2.75, 3.05) is 0 Å². The Bertz CT molecular complexity index is 6320. The van der Waals surface area contributed by atoms with Crippen LogP contribution < -0.4 is 0 Å². The molecule has 0 spiro atoms. The zero-order chi connectivity index (χ0) is 40.2. The van der Waals surface area contributed by atoms with Gasteiger partial charge in [0.25, 0.3) is 0 Å². The molecule has 282 valence electrons. The highest BCUT2D eigenvalue weighted by Gasteiger charge is 2.82. The second kappa shape index (κ2) is 5.27. The molecule has 66 heavy (non-hydrogen) atoms. The van der Waals surface area contributed by atoms with E-state index in [-0.39, 0.29) is 31.4 Å². The summed E-state index contributed by atoms with van der Waals surface area (Å²) in [7, 11) is 0. The quantitative estimate of drug-likeness (QED) is 0.105. The molecule has 0 aliphatic heterocycles. The number of halogens is 1. The lowest BCUT2D eigenvalue weighted by Gasteiger charge is -2.62. The molecule has 0 saturated carbocycles. The van der Waals surface area contributed by atoms with Crippen molar-refractivity contribution in [1.82, 2.24) is 0 Å². The van der Waals surface area contributed by atoms with E-state index >= 15 is 0 Å². The van der Waals surface area contributed by atoms with Crippen LogP contribution in [0.2, 0.25) is 0 Å². The number of allylic oxidation sites excluding steroid dienone is 4. The highest BCUT2D eigenvalue weighted by Crippen LogP contribution is 2.92. The van der Waals surface area contributed by atoms with Crippen LogP contribution in [0.1, 0.15) is 90.3 Å². The minimum atomic E-state index is -0.351. The van der Waals surface area contributed by atoms with Gasteiger partial charge in [0.2, 0.25) is 0 Å². The molecule has 0 bridgehead atoms. The van der Waals surface area contributed by atoms with Crippen molar-refractivity contribution >= 4 is 231 Å². The second-order valence-electron chi connectivity index (χ2n) is 26.5. The molecule has 1 heteroatoms. The van der Waals surface area contributed by atoms with Gasteiger partial charge >= 0.3 is 0 Å². The van der Waals surface area contributed by atoms with Gasteiger partial charge in [0.1, 0.15) is 0 Å². The summed E-state index contributed by atoms with van der Waals surface area (Å²) in [5.41, 5.74) is 23.6. The van der Waals surface area contributed by atoms with Gasteiger partial charge < -0.3 is 0 Å². The lowest BCUT2D eigenvalue weighted by atomic mass is 9.43. The summed E-state index contributed by atoms with van der Waals surface area (Å²) in [6, 6.07) is 0. The summed E-state index contributed by atoms with van der Waals surface area (Å²) in [5, 5.41) is 67.5. The Hall–Kier alpha value is -6.54. The van der Waals surface area contributed by atoms with Gasteiger partial charge in [-0.3, -0.25) is 0 Å². The van der Waals surface area contributed by atoms with E-state index in [1.807, 2.05) is 0 Å². The summed E-state index contributed by atoms with van der Waals surface area (Å²) in [6.45, 7) is 14.2. The molecular formula is C65H15Br. The molecule has 0 aromatic heterocycles. The normalized spacial score (nSPS) is 33.5. The number of benzene rings is 15. The van der Waals surface area contributed by atoms with Gasteiger partial charge in [-0.1, -0.05) is 15.9 Å². The lowest BCUT2D eigenvalue weighted by Crippen LogP contribution is -2.62. The summed E-state index contributed by atoms with van der Waals surface area (Å²) >= 11 is 5.36. The summed E-state index contributed by atoms with van der Waals surface area (Å²) in [6.07, 6.45) is 0. The molecule has 32 rings (SSSR count). The van der Waals surface area contributed by atoms with E-state index in [0.29, 0.717) is 0 Å². The van der Waals surface area contributed by atoms with Gasteiger partial charge in [-0.25, -0.2) is 0 Å². The predicted molar refractivity (Wildman–Crippen MR) is 276 cm³/mol. The van der Waals surface area contributed by atoms with Crippen LogP contribution in [0.15, 0.2) is 22.3 Å². The molecule has 0 radical (unpaired) electrons. The number of rotatable bonds is 0. The van der Waals surface area contributed by atoms with Gasteiger partial charge in [0.05, 0.1) is 4.32 Å². The molecule has 11 aliphatic rings. The average Bonchev–Trinajstić information content (AvgIpc) is 4.18. The maximum Gasteiger partial charge on any atom is 0.0845 e. The molecular weight excluding hydrogens is 861 g/mol. The fourth-order valence-electron chi connectivity index (χ4n) is 26.6. The molecule has 0 nitrogen and oxygen atoms in total. The molecule has 0 saturated heterocycles. The van der Waals surface area contributed by atoms with Crippen molar-refractivity contribution in [1.29, 1.82) is 0 Å². The van der Waals surface area contributed by atoms with E-state index in [1.165, 1.54) is 0 Å². The average molecular weight is 876 g/mol. The van der Waals surface area contributed by atoms with Crippen molar-refractivity contribution in [2.45, 2.75) is 66.0 Å². The molecule has 21 aromatic rings. The van der Waals surface area contributed by atoms with E-state index in [1.54, 1.807) is 293 Å². The third-order valence-corrected chi connectivity index (χ3v) is 28.2. The van der Waals surface area contributed by atoms with Gasteiger partial charge in [-0.05, 0) is 328 Å². The first-order valence-electron chi connectivity index (χ1n) is 25.2. The van der Waals surface area contributed by atoms with E-state index < -0.39 is 0 Å². The second-order valence-corrected chi connectivity index (χ2v) is 27.7. The maximum absolute atomic E-state index is 5.36. The Morgan fingerprint density at radius 2 is 0.348 bits per heavy atom. The van der Waals surface area contributed by atoms with Crippen LogP contribution in [0.3, 0.4) is 0 Å². The van der Waals surface area contributed by atoms with E-state index in [0.717, 1.165) is 0 Å². The Morgan fingerprint density at radius 1 is 0.197 bits per heavy atom. The van der Waals surface area contributed by atoms with Crippen LogP contribution in [0, 0.1) is 0 Å². The smallest absolute Gasteiger partial charge is 0.0741 e. The number of alkyl halides is 1. The van der Waals surface area contributed by atoms with Crippen molar-refractivity contribution in [3.8, 4) is 0 Å². The van der Waals surface area contributed by atoms with E-state index in [9.17, 15) is 0 Å². The maximum atomic E-state index is 5.36. The van der Waals surface area contributed by atoms with Crippen LogP contribution in [-0.2, 0) is 27.1 Å². The molecule has 0 amide bonds. The summed E-state index contributed by atoms with van der Waals surface area (Å²) in [5.74, 6) is 0. The first-order chi connectivity index (χ1) is 32.2. The molecule has 11 aliphatic carbocycles. The van der Waals surface area contributed by atoms with Gasteiger partial charge in [-0.15, -0.1) is 0 Å². The summed E-state index contributed by atoms with van der Waals surface area (Å²) in [4.78, 5) is 0. The Kier molecular flexibility index (Phi) is 2.03. The first-order valence-corrected chi connectivity index (χ1v) is 26.0. The monoisotopic (exact) mass is 874 g/mol. The zero-order valence-electron chi connectivity index (χ0n) is 35.4. The fourth-order valence-corrected chi connectivity index (χ4v) is 28.2. The van der Waals surface area contributed by atoms with Crippen LogP contribution >= 0.6 is 15.9 Å². The predicted octanol–water partition coefficient (Wildman–Crippen LogP) is 16.5. The van der Waals surface area contributed by atoms with Crippen LogP contribution in [0.4, 0.5) is 0 Å². The molecule has 6 atom stereocenters.